The second kappa shape index (κ2) is 14.3. The minimum absolute atomic E-state index is 0.0373. The number of aromatic nitrogens is 5. The largest absolute Gasteiger partial charge is 0.447 e. The molecular weight excluding hydrogens is 632 g/mol. The number of halogens is 3. The summed E-state index contributed by atoms with van der Waals surface area (Å²) in [6.45, 7) is 4.75. The van der Waals surface area contributed by atoms with Gasteiger partial charge in [-0.15, -0.1) is 0 Å². The summed E-state index contributed by atoms with van der Waals surface area (Å²) in [5, 5.41) is 22.9. The highest BCUT2D eigenvalue weighted by Crippen LogP contribution is 2.32. The summed E-state index contributed by atoms with van der Waals surface area (Å²) < 4.78 is 32.4. The van der Waals surface area contributed by atoms with Gasteiger partial charge in [0, 0.05) is 42.5 Å². The first-order valence-corrected chi connectivity index (χ1v) is 15.4. The van der Waals surface area contributed by atoms with E-state index in [0.717, 1.165) is 6.42 Å². The standard InChI is InChI=1S/C32H36ClF2N9O3/c1-32(2,3)11-12-37-30(36)44(28(45)21-7-5-20(6-8-21)23-16-40-43(17-23)29(34)35)26(18-47-31(46)42-13-4-14-42)22-9-10-25(33)24(15-22)27-38-19-39-41-27/h5-10,15-17,19,26,29H,4,11-14,18H2,1-3H3,(H2,36,37)(H,38,39,41)/t26-/m1/s1. The number of aromatic amines is 1. The van der Waals surface area contributed by atoms with Crippen LogP contribution in [0.2, 0.25) is 5.02 Å². The zero-order valence-electron chi connectivity index (χ0n) is 26.2. The molecule has 0 bridgehead atoms. The van der Waals surface area contributed by atoms with E-state index in [4.69, 9.17) is 21.7 Å². The van der Waals surface area contributed by atoms with Gasteiger partial charge in [0.25, 0.3) is 5.91 Å². The Morgan fingerprint density at radius 1 is 1.15 bits per heavy atom. The molecule has 3 heterocycles. The third-order valence-electron chi connectivity index (χ3n) is 7.73. The number of hydrogen-bond donors (Lipinski definition) is 3. The molecular formula is C32H36ClF2N9O3. The van der Waals surface area contributed by atoms with Crippen LogP contribution in [-0.4, -0.2) is 79.0 Å². The summed E-state index contributed by atoms with van der Waals surface area (Å²) in [7, 11) is 0. The number of benzene rings is 2. The molecule has 1 fully saturated rings. The summed E-state index contributed by atoms with van der Waals surface area (Å²) in [5.74, 6) is -0.341. The van der Waals surface area contributed by atoms with Crippen LogP contribution in [-0.2, 0) is 4.74 Å². The van der Waals surface area contributed by atoms with Crippen molar-refractivity contribution in [2.24, 2.45) is 5.41 Å². The highest BCUT2D eigenvalue weighted by molar-refractivity contribution is 6.33. The quantitative estimate of drug-likeness (QED) is 0.132. The molecule has 248 valence electrons. The van der Waals surface area contributed by atoms with E-state index in [9.17, 15) is 18.4 Å². The van der Waals surface area contributed by atoms with Gasteiger partial charge in [0.1, 0.15) is 12.9 Å². The first kappa shape index (κ1) is 33.5. The predicted molar refractivity (Wildman–Crippen MR) is 172 cm³/mol. The van der Waals surface area contributed by atoms with Gasteiger partial charge in [-0.3, -0.25) is 20.2 Å². The molecule has 4 aromatic rings. The lowest BCUT2D eigenvalue weighted by Gasteiger charge is -2.35. The van der Waals surface area contributed by atoms with Gasteiger partial charge < -0.3 is 15.0 Å². The van der Waals surface area contributed by atoms with E-state index in [2.05, 4.69) is 46.4 Å². The number of likely N-dealkylation sites (tertiary alicyclic amines) is 1. The molecule has 1 atom stereocenters. The van der Waals surface area contributed by atoms with Gasteiger partial charge >= 0.3 is 12.6 Å². The van der Waals surface area contributed by atoms with E-state index in [0.29, 0.717) is 63.8 Å². The van der Waals surface area contributed by atoms with Crippen LogP contribution >= 0.6 is 11.6 Å². The molecule has 3 N–H and O–H groups in total. The molecule has 0 unspecified atom stereocenters. The molecule has 1 aliphatic heterocycles. The Kier molecular flexibility index (Phi) is 10.2. The topological polar surface area (TPSA) is 145 Å². The smallest absolute Gasteiger partial charge is 0.409 e. The van der Waals surface area contributed by atoms with Crippen molar-refractivity contribution in [1.29, 1.82) is 5.41 Å². The minimum Gasteiger partial charge on any atom is -0.447 e. The Hall–Kier alpha value is -4.85. The molecule has 0 aliphatic carbocycles. The highest BCUT2D eigenvalue weighted by atomic mass is 35.5. The normalized spacial score (nSPS) is 13.6. The van der Waals surface area contributed by atoms with Gasteiger partial charge in [0.2, 0.25) is 0 Å². The number of ether oxygens (including phenoxy) is 1. The molecule has 47 heavy (non-hydrogen) atoms. The van der Waals surface area contributed by atoms with E-state index in [1.807, 2.05) is 0 Å². The van der Waals surface area contributed by atoms with Crippen LogP contribution in [0, 0.1) is 10.8 Å². The predicted octanol–water partition coefficient (Wildman–Crippen LogP) is 6.37. The molecule has 2 aromatic carbocycles. The van der Waals surface area contributed by atoms with Gasteiger partial charge in [-0.25, -0.2) is 14.5 Å². The van der Waals surface area contributed by atoms with Crippen molar-refractivity contribution in [2.75, 3.05) is 26.2 Å². The number of carbonyl (C=O) groups is 2. The van der Waals surface area contributed by atoms with Gasteiger partial charge in [-0.1, -0.05) is 50.6 Å². The highest BCUT2D eigenvalue weighted by Gasteiger charge is 2.33. The Morgan fingerprint density at radius 2 is 1.89 bits per heavy atom. The van der Waals surface area contributed by atoms with Crippen LogP contribution in [0.1, 0.15) is 62.1 Å². The van der Waals surface area contributed by atoms with Crippen molar-refractivity contribution >= 4 is 29.6 Å². The number of rotatable bonds is 10. The molecule has 0 saturated carbocycles. The molecule has 12 nitrogen and oxygen atoms in total. The van der Waals surface area contributed by atoms with Gasteiger partial charge in [-0.2, -0.15) is 19.0 Å². The van der Waals surface area contributed by atoms with Crippen molar-refractivity contribution in [2.45, 2.75) is 46.2 Å². The van der Waals surface area contributed by atoms with Crippen LogP contribution in [0.25, 0.3) is 22.5 Å². The monoisotopic (exact) mass is 667 g/mol. The lowest BCUT2D eigenvalue weighted by Crippen LogP contribution is -2.49. The third-order valence-corrected chi connectivity index (χ3v) is 8.06. The fraction of sp³-hybridized carbons (Fsp3) is 0.375. The summed E-state index contributed by atoms with van der Waals surface area (Å²) in [6, 6.07) is 10.5. The summed E-state index contributed by atoms with van der Waals surface area (Å²) in [6.07, 6.45) is 4.96. The number of hydrogen-bond acceptors (Lipinski definition) is 7. The van der Waals surface area contributed by atoms with Crippen molar-refractivity contribution in [1.82, 2.24) is 40.1 Å². The van der Waals surface area contributed by atoms with Crippen molar-refractivity contribution < 1.29 is 23.1 Å². The Balaban J connectivity index is 1.52. The summed E-state index contributed by atoms with van der Waals surface area (Å²) in [4.78, 5) is 34.2. The van der Waals surface area contributed by atoms with Crippen molar-refractivity contribution in [3.8, 4) is 22.5 Å². The zero-order valence-corrected chi connectivity index (χ0v) is 27.0. The average molecular weight is 668 g/mol. The summed E-state index contributed by atoms with van der Waals surface area (Å²) >= 11 is 6.52. The van der Waals surface area contributed by atoms with Crippen LogP contribution < -0.4 is 5.32 Å². The van der Waals surface area contributed by atoms with Gasteiger partial charge in [0.05, 0.1) is 17.3 Å². The van der Waals surface area contributed by atoms with Crippen LogP contribution in [0.3, 0.4) is 0 Å². The maximum absolute atomic E-state index is 14.4. The van der Waals surface area contributed by atoms with E-state index >= 15 is 0 Å². The zero-order chi connectivity index (χ0) is 33.7. The number of H-pyrrole nitrogens is 1. The number of amides is 2. The lowest BCUT2D eigenvalue weighted by atomic mass is 9.92. The Bertz CT molecular complexity index is 1700. The molecule has 2 aromatic heterocycles. The van der Waals surface area contributed by atoms with Gasteiger partial charge in [0.15, 0.2) is 11.8 Å². The summed E-state index contributed by atoms with van der Waals surface area (Å²) in [5.41, 5.74) is 2.26. The molecule has 15 heteroatoms. The van der Waals surface area contributed by atoms with E-state index in [-0.39, 0.29) is 23.5 Å². The number of alkyl halides is 2. The fourth-order valence-corrected chi connectivity index (χ4v) is 5.11. The molecule has 1 aliphatic rings. The number of carbonyl (C=O) groups excluding carboxylic acids is 2. The Morgan fingerprint density at radius 3 is 2.49 bits per heavy atom. The van der Waals surface area contributed by atoms with Gasteiger partial charge in [-0.05, 0) is 53.6 Å². The fourth-order valence-electron chi connectivity index (χ4n) is 4.91. The maximum atomic E-state index is 14.4. The number of nitrogens with zero attached hydrogens (tertiary/aromatic N) is 6. The minimum atomic E-state index is -2.78. The second-order valence-corrected chi connectivity index (χ2v) is 12.7. The molecule has 1 saturated heterocycles. The third kappa shape index (κ3) is 8.12. The molecule has 5 rings (SSSR count). The van der Waals surface area contributed by atoms with Crippen LogP contribution in [0.4, 0.5) is 13.6 Å². The van der Waals surface area contributed by atoms with Crippen molar-refractivity contribution in [3.63, 3.8) is 0 Å². The number of nitrogens with one attached hydrogen (secondary N) is 3. The molecule has 0 spiro atoms. The average Bonchev–Trinajstić information content (AvgIpc) is 3.71. The molecule has 2 amide bonds. The second-order valence-electron chi connectivity index (χ2n) is 12.3. The first-order chi connectivity index (χ1) is 22.4. The van der Waals surface area contributed by atoms with Crippen molar-refractivity contribution in [3.05, 3.63) is 77.3 Å². The van der Waals surface area contributed by atoms with Crippen LogP contribution in [0.15, 0.2) is 61.2 Å². The lowest BCUT2D eigenvalue weighted by molar-refractivity contribution is 0.0535. The number of guanidine groups is 1. The first-order valence-electron chi connectivity index (χ1n) is 15.1. The molecule has 0 radical (unpaired) electrons. The van der Waals surface area contributed by atoms with E-state index < -0.39 is 24.6 Å². The van der Waals surface area contributed by atoms with E-state index in [1.54, 1.807) is 47.4 Å². The van der Waals surface area contributed by atoms with E-state index in [1.165, 1.54) is 23.6 Å². The Labute approximate surface area is 275 Å². The van der Waals surface area contributed by atoms with Crippen LogP contribution in [0.5, 0.6) is 0 Å². The SMILES string of the molecule is CC(C)(C)CCNC(=N)N(C(=O)c1ccc(-c2cnn(C(F)F)c2)cc1)[C@H](COC(=O)N1CCC1)c1ccc(Cl)c(-c2ncn[nH]2)c1. The maximum Gasteiger partial charge on any atom is 0.409 e.